The highest BCUT2D eigenvalue weighted by atomic mass is 16.3. The number of H-pyrrole nitrogens is 1. The number of pyridine rings is 1. The summed E-state index contributed by atoms with van der Waals surface area (Å²) in [4.78, 5) is 13.4. The van der Waals surface area contributed by atoms with Gasteiger partial charge in [0.2, 0.25) is 0 Å². The summed E-state index contributed by atoms with van der Waals surface area (Å²) in [5.41, 5.74) is 1.20. The highest BCUT2D eigenvalue weighted by Gasteiger charge is 2.03. The molecule has 0 unspecified atom stereocenters. The second-order valence-corrected chi connectivity index (χ2v) is 2.96. The molecule has 0 saturated carbocycles. The van der Waals surface area contributed by atoms with Crippen LogP contribution in [0.5, 0.6) is 5.75 Å². The van der Waals surface area contributed by atoms with Crippen LogP contribution in [-0.4, -0.2) is 10.1 Å². The van der Waals surface area contributed by atoms with Gasteiger partial charge in [-0.3, -0.25) is 4.79 Å². The molecule has 2 aromatic rings. The Morgan fingerprint density at radius 2 is 1.86 bits per heavy atom. The molecule has 2 rings (SSSR count). The summed E-state index contributed by atoms with van der Waals surface area (Å²) in [6, 6.07) is 10.6. The number of hydrogen-bond donors (Lipinski definition) is 2. The van der Waals surface area contributed by atoms with Gasteiger partial charge in [0.25, 0.3) is 5.56 Å². The average molecular weight is 187 g/mol. The van der Waals surface area contributed by atoms with Gasteiger partial charge in [0, 0.05) is 17.8 Å². The summed E-state index contributed by atoms with van der Waals surface area (Å²) in [6.07, 6.45) is 1.51. The van der Waals surface area contributed by atoms with Crippen LogP contribution in [0.25, 0.3) is 11.1 Å². The van der Waals surface area contributed by atoms with Crippen molar-refractivity contribution in [2.75, 3.05) is 0 Å². The van der Waals surface area contributed by atoms with E-state index in [1.54, 1.807) is 0 Å². The molecule has 0 aliphatic carbocycles. The molecule has 0 bridgehead atoms. The van der Waals surface area contributed by atoms with Crippen LogP contribution < -0.4 is 5.56 Å². The van der Waals surface area contributed by atoms with Crippen molar-refractivity contribution < 1.29 is 5.11 Å². The van der Waals surface area contributed by atoms with E-state index in [1.165, 1.54) is 12.3 Å². The van der Waals surface area contributed by atoms with E-state index < -0.39 is 0 Å². The van der Waals surface area contributed by atoms with Crippen LogP contribution in [0.4, 0.5) is 0 Å². The number of nitrogens with one attached hydrogen (secondary N) is 1. The van der Waals surface area contributed by atoms with Gasteiger partial charge in [0.1, 0.15) is 5.75 Å². The van der Waals surface area contributed by atoms with Gasteiger partial charge in [0.05, 0.1) is 0 Å². The van der Waals surface area contributed by atoms with Gasteiger partial charge in [0.15, 0.2) is 0 Å². The molecule has 1 heterocycles. The van der Waals surface area contributed by atoms with Gasteiger partial charge in [-0.15, -0.1) is 0 Å². The average Bonchev–Trinajstić information content (AvgIpc) is 2.19. The van der Waals surface area contributed by atoms with Crippen LogP contribution in [0, 0.1) is 0 Å². The van der Waals surface area contributed by atoms with E-state index in [4.69, 9.17) is 0 Å². The van der Waals surface area contributed by atoms with Crippen molar-refractivity contribution >= 4 is 0 Å². The zero-order valence-corrected chi connectivity index (χ0v) is 7.40. The molecule has 0 amide bonds. The molecule has 1 aromatic heterocycles. The topological polar surface area (TPSA) is 53.1 Å². The Morgan fingerprint density at radius 1 is 1.14 bits per heavy atom. The fraction of sp³-hybridized carbons (Fsp3) is 0. The number of rotatable bonds is 1. The van der Waals surface area contributed by atoms with Gasteiger partial charge in [-0.2, -0.15) is 0 Å². The first-order valence-electron chi connectivity index (χ1n) is 4.24. The number of aromatic nitrogens is 1. The molecule has 3 nitrogen and oxygen atoms in total. The van der Waals surface area contributed by atoms with Gasteiger partial charge in [-0.1, -0.05) is 30.3 Å². The zero-order valence-electron chi connectivity index (χ0n) is 7.40. The molecule has 0 aliphatic rings. The van der Waals surface area contributed by atoms with Crippen LogP contribution in [0.15, 0.2) is 47.4 Å². The number of aromatic amines is 1. The van der Waals surface area contributed by atoms with E-state index >= 15 is 0 Å². The predicted octanol–water partition coefficient (Wildman–Crippen LogP) is 1.75. The summed E-state index contributed by atoms with van der Waals surface area (Å²) in [7, 11) is 0. The maximum absolute atomic E-state index is 10.9. The van der Waals surface area contributed by atoms with Crippen LogP contribution >= 0.6 is 0 Å². The van der Waals surface area contributed by atoms with Gasteiger partial charge >= 0.3 is 0 Å². The molecule has 0 fully saturated rings. The molecule has 70 valence electrons. The van der Waals surface area contributed by atoms with Crippen LogP contribution in [-0.2, 0) is 0 Å². The minimum Gasteiger partial charge on any atom is -0.507 e. The van der Waals surface area contributed by atoms with E-state index in [0.717, 1.165) is 5.56 Å². The fourth-order valence-electron chi connectivity index (χ4n) is 1.31. The summed E-state index contributed by atoms with van der Waals surface area (Å²) < 4.78 is 0. The standard InChI is InChI=1S/C11H9NO2/c13-10-6-11(14)12-7-9(10)8-4-2-1-3-5-8/h1-7H,(H2,12,13,14). The van der Waals surface area contributed by atoms with Gasteiger partial charge < -0.3 is 10.1 Å². The molecule has 14 heavy (non-hydrogen) atoms. The third-order valence-electron chi connectivity index (χ3n) is 1.99. The molecule has 0 atom stereocenters. The Hall–Kier alpha value is -2.03. The van der Waals surface area contributed by atoms with E-state index in [-0.39, 0.29) is 11.3 Å². The van der Waals surface area contributed by atoms with Crippen LogP contribution in [0.1, 0.15) is 0 Å². The number of aromatic hydroxyl groups is 1. The van der Waals surface area contributed by atoms with Crippen molar-refractivity contribution in [2.45, 2.75) is 0 Å². The molecule has 2 N–H and O–H groups in total. The van der Waals surface area contributed by atoms with Crippen molar-refractivity contribution in [1.29, 1.82) is 0 Å². The van der Waals surface area contributed by atoms with Crippen molar-refractivity contribution in [2.24, 2.45) is 0 Å². The number of benzene rings is 1. The Balaban J connectivity index is 2.58. The lowest BCUT2D eigenvalue weighted by Gasteiger charge is -2.02. The third-order valence-corrected chi connectivity index (χ3v) is 1.99. The maximum Gasteiger partial charge on any atom is 0.251 e. The highest BCUT2D eigenvalue weighted by Crippen LogP contribution is 2.25. The lowest BCUT2D eigenvalue weighted by molar-refractivity contribution is 0.476. The highest BCUT2D eigenvalue weighted by molar-refractivity contribution is 5.68. The molecule has 0 spiro atoms. The largest absolute Gasteiger partial charge is 0.507 e. The summed E-state index contributed by atoms with van der Waals surface area (Å²) in [6.45, 7) is 0. The van der Waals surface area contributed by atoms with Crippen molar-refractivity contribution in [3.63, 3.8) is 0 Å². The van der Waals surface area contributed by atoms with Crippen molar-refractivity contribution in [1.82, 2.24) is 4.98 Å². The maximum atomic E-state index is 10.9. The number of hydrogen-bond acceptors (Lipinski definition) is 2. The van der Waals surface area contributed by atoms with Crippen molar-refractivity contribution in [3.05, 3.63) is 52.9 Å². The molecule has 0 radical (unpaired) electrons. The minimum atomic E-state index is -0.304. The van der Waals surface area contributed by atoms with Gasteiger partial charge in [-0.05, 0) is 5.56 Å². The Labute approximate surface area is 80.7 Å². The molecule has 3 heteroatoms. The van der Waals surface area contributed by atoms with E-state index in [0.29, 0.717) is 5.56 Å². The first-order valence-corrected chi connectivity index (χ1v) is 4.24. The predicted molar refractivity (Wildman–Crippen MR) is 54.2 cm³/mol. The van der Waals surface area contributed by atoms with Crippen molar-refractivity contribution in [3.8, 4) is 16.9 Å². The fourth-order valence-corrected chi connectivity index (χ4v) is 1.31. The second kappa shape index (κ2) is 3.38. The van der Waals surface area contributed by atoms with Crippen LogP contribution in [0.2, 0.25) is 0 Å². The Kier molecular flexibility index (Phi) is 2.07. The monoisotopic (exact) mass is 187 g/mol. The Morgan fingerprint density at radius 3 is 2.50 bits per heavy atom. The molecule has 0 aliphatic heterocycles. The molecule has 0 saturated heterocycles. The lowest BCUT2D eigenvalue weighted by atomic mass is 10.1. The first kappa shape index (κ1) is 8.56. The SMILES string of the molecule is O=c1cc(O)c(-c2ccccc2)c[nH]1. The Bertz CT molecular complexity index is 488. The summed E-state index contributed by atoms with van der Waals surface area (Å²) in [5.74, 6) is -0.0000463. The first-order chi connectivity index (χ1) is 6.77. The van der Waals surface area contributed by atoms with E-state index in [2.05, 4.69) is 4.98 Å². The minimum absolute atomic E-state index is 0.0000463. The molecular formula is C11H9NO2. The van der Waals surface area contributed by atoms with Crippen LogP contribution in [0.3, 0.4) is 0 Å². The van der Waals surface area contributed by atoms with Gasteiger partial charge in [-0.25, -0.2) is 0 Å². The zero-order chi connectivity index (χ0) is 9.97. The summed E-state index contributed by atoms with van der Waals surface area (Å²) >= 11 is 0. The van der Waals surface area contributed by atoms with E-state index in [1.807, 2.05) is 30.3 Å². The normalized spacial score (nSPS) is 10.0. The second-order valence-electron chi connectivity index (χ2n) is 2.96. The third kappa shape index (κ3) is 1.52. The molecule has 1 aromatic carbocycles. The smallest absolute Gasteiger partial charge is 0.251 e. The lowest BCUT2D eigenvalue weighted by Crippen LogP contribution is -2.02. The summed E-state index contributed by atoms with van der Waals surface area (Å²) in [5, 5.41) is 9.52. The molecular weight excluding hydrogens is 178 g/mol. The van der Waals surface area contributed by atoms with E-state index in [9.17, 15) is 9.90 Å². The quantitative estimate of drug-likeness (QED) is 0.714.